The van der Waals surface area contributed by atoms with Crippen molar-refractivity contribution in [1.29, 1.82) is 0 Å². The van der Waals surface area contributed by atoms with Crippen molar-refractivity contribution in [1.82, 2.24) is 0 Å². The summed E-state index contributed by atoms with van der Waals surface area (Å²) in [4.78, 5) is 26.0. The van der Waals surface area contributed by atoms with E-state index in [-0.39, 0.29) is 12.8 Å². The van der Waals surface area contributed by atoms with Crippen LogP contribution in [0.4, 0.5) is 0 Å². The summed E-state index contributed by atoms with van der Waals surface area (Å²) in [7, 11) is 0. The summed E-state index contributed by atoms with van der Waals surface area (Å²) in [6, 6.07) is 34.6. The number of aliphatic carboxylic acids is 2. The number of carbonyl (C=O) groups is 2. The number of hydrogen-bond acceptors (Lipinski definition) is 2. The van der Waals surface area contributed by atoms with Gasteiger partial charge in [0.25, 0.3) is 0 Å². The van der Waals surface area contributed by atoms with Gasteiger partial charge < -0.3 is 10.2 Å². The van der Waals surface area contributed by atoms with E-state index in [0.29, 0.717) is 0 Å². The molecule has 4 aromatic rings. The van der Waals surface area contributed by atoms with Crippen LogP contribution >= 0.6 is 0 Å². The van der Waals surface area contributed by atoms with Crippen LogP contribution in [0.5, 0.6) is 0 Å². The van der Waals surface area contributed by atoms with E-state index in [0.717, 1.165) is 33.4 Å². The van der Waals surface area contributed by atoms with E-state index in [1.54, 1.807) is 0 Å². The second-order valence-electron chi connectivity index (χ2n) is 9.56. The van der Waals surface area contributed by atoms with Crippen LogP contribution in [0.2, 0.25) is 0 Å². The normalized spacial score (nSPS) is 17.6. The quantitative estimate of drug-likeness (QED) is 0.282. The largest absolute Gasteiger partial charge is 0.481 e. The number of rotatable bonds is 9. The van der Waals surface area contributed by atoms with Crippen molar-refractivity contribution < 1.29 is 19.8 Å². The highest BCUT2D eigenvalue weighted by Crippen LogP contribution is 2.51. The second-order valence-corrected chi connectivity index (χ2v) is 9.56. The van der Waals surface area contributed by atoms with Crippen molar-refractivity contribution in [2.24, 2.45) is 11.8 Å². The minimum absolute atomic E-state index is 0.216. The molecule has 1 aliphatic carbocycles. The highest BCUT2D eigenvalue weighted by molar-refractivity contribution is 5.88. The molecule has 0 aromatic heterocycles. The predicted octanol–water partition coefficient (Wildman–Crippen LogP) is 6.51. The number of fused-ring (bicyclic) bond motifs is 1. The van der Waals surface area contributed by atoms with Gasteiger partial charge in [-0.15, -0.1) is 0 Å². The van der Waals surface area contributed by atoms with E-state index in [2.05, 4.69) is 0 Å². The Morgan fingerprint density at radius 3 is 1.59 bits per heavy atom. The number of carboxylic acid groups (broad SMARTS) is 2. The molecule has 2 atom stereocenters. The fourth-order valence-corrected chi connectivity index (χ4v) is 5.77. The molecule has 0 heterocycles. The molecule has 0 aliphatic heterocycles. The topological polar surface area (TPSA) is 74.6 Å². The first kappa shape index (κ1) is 24.3. The van der Waals surface area contributed by atoms with Gasteiger partial charge in [0.2, 0.25) is 0 Å². The lowest BCUT2D eigenvalue weighted by atomic mass is 9.60. The average molecular weight is 489 g/mol. The lowest BCUT2D eigenvalue weighted by Crippen LogP contribution is -2.48. The zero-order valence-corrected chi connectivity index (χ0v) is 20.3. The summed E-state index contributed by atoms with van der Waals surface area (Å²) in [5.41, 5.74) is 4.07. The van der Waals surface area contributed by atoms with Crippen molar-refractivity contribution in [3.05, 3.63) is 138 Å². The van der Waals surface area contributed by atoms with E-state index in [1.165, 1.54) is 0 Å². The van der Waals surface area contributed by atoms with E-state index < -0.39 is 29.2 Å². The van der Waals surface area contributed by atoms with Gasteiger partial charge in [0.05, 0.1) is 11.8 Å². The number of hydrogen-bond donors (Lipinski definition) is 2. The Bertz CT molecular complexity index is 1370. The first-order valence-electron chi connectivity index (χ1n) is 12.4. The Hall–Kier alpha value is -4.44. The molecule has 0 amide bonds. The molecular weight excluding hydrogens is 460 g/mol. The molecule has 4 nitrogen and oxygen atoms in total. The van der Waals surface area contributed by atoms with Crippen molar-refractivity contribution >= 4 is 18.0 Å². The molecule has 4 heteroatoms. The van der Waals surface area contributed by atoms with Crippen LogP contribution in [-0.4, -0.2) is 22.2 Å². The van der Waals surface area contributed by atoms with Crippen LogP contribution in [0.1, 0.15) is 22.3 Å². The summed E-state index contributed by atoms with van der Waals surface area (Å²) in [5.74, 6) is -3.98. The molecule has 2 N–H and O–H groups in total. The SMILES string of the molecule is O=C(O)C(Cc1ccccc1)C1(C(Cc2ccccc2)C(=O)O)C=Cc2c(-c3ccccc3)cccc21. The van der Waals surface area contributed by atoms with Crippen LogP contribution in [0.15, 0.2) is 115 Å². The van der Waals surface area contributed by atoms with Crippen LogP contribution in [0, 0.1) is 11.8 Å². The molecule has 1 aliphatic rings. The van der Waals surface area contributed by atoms with Gasteiger partial charge in [0.15, 0.2) is 0 Å². The van der Waals surface area contributed by atoms with E-state index in [4.69, 9.17) is 0 Å². The maximum Gasteiger partial charge on any atom is 0.308 e. The summed E-state index contributed by atoms with van der Waals surface area (Å²) < 4.78 is 0. The van der Waals surface area contributed by atoms with E-state index >= 15 is 0 Å². The third kappa shape index (κ3) is 4.58. The lowest BCUT2D eigenvalue weighted by Gasteiger charge is -2.40. The third-order valence-electron chi connectivity index (χ3n) is 7.50. The van der Waals surface area contributed by atoms with Gasteiger partial charge in [-0.25, -0.2) is 0 Å². The zero-order valence-electron chi connectivity index (χ0n) is 20.3. The molecule has 0 spiro atoms. The minimum Gasteiger partial charge on any atom is -0.481 e. The maximum atomic E-state index is 13.0. The summed E-state index contributed by atoms with van der Waals surface area (Å²) in [6.07, 6.45) is 4.22. The number of carboxylic acids is 2. The Morgan fingerprint density at radius 1 is 0.622 bits per heavy atom. The van der Waals surface area contributed by atoms with Crippen LogP contribution in [0.3, 0.4) is 0 Å². The molecule has 0 saturated heterocycles. The lowest BCUT2D eigenvalue weighted by molar-refractivity contribution is -0.149. The van der Waals surface area contributed by atoms with Gasteiger partial charge in [0.1, 0.15) is 0 Å². The second kappa shape index (κ2) is 10.3. The molecule has 4 aromatic carbocycles. The minimum atomic E-state index is -1.25. The highest BCUT2D eigenvalue weighted by atomic mass is 16.4. The predicted molar refractivity (Wildman–Crippen MR) is 145 cm³/mol. The van der Waals surface area contributed by atoms with Gasteiger partial charge in [-0.2, -0.15) is 0 Å². The Morgan fingerprint density at radius 2 is 1.11 bits per heavy atom. The van der Waals surface area contributed by atoms with Crippen LogP contribution in [-0.2, 0) is 27.8 Å². The van der Waals surface area contributed by atoms with Gasteiger partial charge in [-0.3, -0.25) is 9.59 Å². The van der Waals surface area contributed by atoms with Gasteiger partial charge in [-0.05, 0) is 46.2 Å². The molecule has 0 fully saturated rings. The van der Waals surface area contributed by atoms with Crippen LogP contribution in [0.25, 0.3) is 17.2 Å². The summed E-state index contributed by atoms with van der Waals surface area (Å²) >= 11 is 0. The first-order valence-corrected chi connectivity index (χ1v) is 12.4. The fraction of sp³-hybridized carbons (Fsp3) is 0.152. The molecule has 184 valence electrons. The third-order valence-corrected chi connectivity index (χ3v) is 7.50. The Kier molecular flexibility index (Phi) is 6.74. The van der Waals surface area contributed by atoms with Crippen molar-refractivity contribution in [2.45, 2.75) is 18.3 Å². The van der Waals surface area contributed by atoms with Crippen molar-refractivity contribution in [3.8, 4) is 11.1 Å². The van der Waals surface area contributed by atoms with Gasteiger partial charge in [0, 0.05) is 5.41 Å². The van der Waals surface area contributed by atoms with E-state index in [9.17, 15) is 19.8 Å². The van der Waals surface area contributed by atoms with Crippen molar-refractivity contribution in [2.75, 3.05) is 0 Å². The molecule has 0 saturated carbocycles. The molecular formula is C33H28O4. The monoisotopic (exact) mass is 488 g/mol. The molecule has 5 rings (SSSR count). The van der Waals surface area contributed by atoms with Crippen molar-refractivity contribution in [3.63, 3.8) is 0 Å². The Balaban J connectivity index is 1.73. The molecule has 0 radical (unpaired) electrons. The Labute approximate surface area is 216 Å². The van der Waals surface area contributed by atoms with Gasteiger partial charge >= 0.3 is 11.9 Å². The average Bonchev–Trinajstić information content (AvgIpc) is 3.31. The number of benzene rings is 4. The number of allylic oxidation sites excluding steroid dienone is 1. The molecule has 37 heavy (non-hydrogen) atoms. The van der Waals surface area contributed by atoms with Crippen LogP contribution < -0.4 is 0 Å². The smallest absolute Gasteiger partial charge is 0.308 e. The fourth-order valence-electron chi connectivity index (χ4n) is 5.77. The summed E-state index contributed by atoms with van der Waals surface area (Å²) in [6.45, 7) is 0. The maximum absolute atomic E-state index is 13.0. The zero-order chi connectivity index (χ0) is 25.8. The molecule has 0 bridgehead atoms. The van der Waals surface area contributed by atoms with E-state index in [1.807, 2.05) is 121 Å². The highest BCUT2D eigenvalue weighted by Gasteiger charge is 2.54. The standard InChI is InChI=1S/C33H28O4/c34-31(35)29(21-23-11-4-1-5-12-23)33(30(32(36)37)22-24-13-6-2-7-14-24)20-19-27-26(17-10-18-28(27)33)25-15-8-3-9-16-25/h1-20,29-30H,21-22H2,(H,34,35)(H,36,37). The van der Waals surface area contributed by atoms with Gasteiger partial charge in [-0.1, -0.05) is 121 Å². The molecule has 2 unspecified atom stereocenters. The first-order chi connectivity index (χ1) is 18.0. The summed E-state index contributed by atoms with van der Waals surface area (Å²) in [5, 5.41) is 21.3.